The molecule has 1 heterocycles. The highest BCUT2D eigenvalue weighted by atomic mass is 16.5. The number of rotatable bonds is 3. The molecule has 13 heavy (non-hydrogen) atoms. The normalized spacial score (nSPS) is 10.5. The third-order valence-electron chi connectivity index (χ3n) is 1.39. The largest absolute Gasteiger partial charge is 0.476 e. The van der Waals surface area contributed by atoms with E-state index in [4.69, 9.17) is 9.84 Å². The number of hydrogen-bond acceptors (Lipinski definition) is 3. The van der Waals surface area contributed by atoms with Crippen LogP contribution in [0.4, 0.5) is 0 Å². The molecule has 1 rings (SSSR count). The number of imidazole rings is 1. The van der Waals surface area contributed by atoms with Crippen LogP contribution >= 0.6 is 0 Å². The van der Waals surface area contributed by atoms with Crippen molar-refractivity contribution in [1.29, 1.82) is 0 Å². The Hall–Kier alpha value is -1.52. The van der Waals surface area contributed by atoms with Crippen LogP contribution in [-0.2, 0) is 7.05 Å². The van der Waals surface area contributed by atoms with E-state index in [1.807, 2.05) is 13.8 Å². The Morgan fingerprint density at radius 3 is 2.69 bits per heavy atom. The number of aryl methyl sites for hydroxylation is 1. The molecule has 0 aliphatic carbocycles. The molecule has 5 nitrogen and oxygen atoms in total. The fraction of sp³-hybridized carbons (Fsp3) is 0.500. The summed E-state index contributed by atoms with van der Waals surface area (Å²) in [5.41, 5.74) is -0.00171. The van der Waals surface area contributed by atoms with Gasteiger partial charge in [0.05, 0.1) is 6.10 Å². The van der Waals surface area contributed by atoms with E-state index < -0.39 is 5.97 Å². The van der Waals surface area contributed by atoms with Crippen molar-refractivity contribution in [3.05, 3.63) is 11.9 Å². The number of nitrogens with zero attached hydrogens (tertiary/aromatic N) is 2. The van der Waals surface area contributed by atoms with E-state index >= 15 is 0 Å². The molecule has 0 saturated heterocycles. The molecule has 72 valence electrons. The van der Waals surface area contributed by atoms with Gasteiger partial charge in [-0.3, -0.25) is 0 Å². The molecule has 0 unspecified atom stereocenters. The van der Waals surface area contributed by atoms with Crippen molar-refractivity contribution in [2.24, 2.45) is 7.05 Å². The van der Waals surface area contributed by atoms with E-state index in [2.05, 4.69) is 4.98 Å². The van der Waals surface area contributed by atoms with Gasteiger partial charge in [-0.2, -0.15) is 4.98 Å². The van der Waals surface area contributed by atoms with Crippen LogP contribution in [0.1, 0.15) is 24.3 Å². The first-order valence-corrected chi connectivity index (χ1v) is 3.94. The lowest BCUT2D eigenvalue weighted by Gasteiger charge is -2.07. The molecule has 0 aliphatic rings. The lowest BCUT2D eigenvalue weighted by molar-refractivity contribution is 0.0690. The van der Waals surface area contributed by atoms with Gasteiger partial charge >= 0.3 is 5.97 Å². The first kappa shape index (κ1) is 9.57. The van der Waals surface area contributed by atoms with E-state index in [-0.39, 0.29) is 11.8 Å². The zero-order chi connectivity index (χ0) is 10.0. The summed E-state index contributed by atoms with van der Waals surface area (Å²) in [6, 6.07) is 0.326. The Balaban J connectivity index is 2.90. The number of aromatic nitrogens is 2. The summed E-state index contributed by atoms with van der Waals surface area (Å²) < 4.78 is 6.81. The van der Waals surface area contributed by atoms with Crippen LogP contribution in [0.15, 0.2) is 6.20 Å². The fourth-order valence-corrected chi connectivity index (χ4v) is 0.873. The Kier molecular flexibility index (Phi) is 2.55. The van der Waals surface area contributed by atoms with Gasteiger partial charge in [0.15, 0.2) is 5.69 Å². The van der Waals surface area contributed by atoms with Crippen molar-refractivity contribution in [3.8, 4) is 6.01 Å². The molecular formula is C8H12N2O3. The highest BCUT2D eigenvalue weighted by Gasteiger charge is 2.12. The second kappa shape index (κ2) is 3.47. The topological polar surface area (TPSA) is 64.3 Å². The minimum atomic E-state index is -1.05. The molecule has 1 aromatic heterocycles. The number of aromatic carboxylic acids is 1. The van der Waals surface area contributed by atoms with E-state index in [9.17, 15) is 4.79 Å². The lowest BCUT2D eigenvalue weighted by Crippen LogP contribution is -2.09. The third kappa shape index (κ3) is 2.21. The molecule has 1 aromatic rings. The van der Waals surface area contributed by atoms with Gasteiger partial charge in [-0.1, -0.05) is 0 Å². The fourth-order valence-electron chi connectivity index (χ4n) is 0.873. The molecular weight excluding hydrogens is 172 g/mol. The Bertz CT molecular complexity index is 317. The first-order valence-electron chi connectivity index (χ1n) is 3.94. The second-order valence-corrected chi connectivity index (χ2v) is 2.99. The summed E-state index contributed by atoms with van der Waals surface area (Å²) in [6.45, 7) is 3.71. The van der Waals surface area contributed by atoms with Crippen molar-refractivity contribution in [3.63, 3.8) is 0 Å². The molecule has 1 N–H and O–H groups in total. The maximum Gasteiger partial charge on any atom is 0.356 e. The van der Waals surface area contributed by atoms with Crippen molar-refractivity contribution in [2.75, 3.05) is 0 Å². The zero-order valence-corrected chi connectivity index (χ0v) is 7.81. The average molecular weight is 184 g/mol. The number of carbonyl (C=O) groups is 1. The molecule has 0 radical (unpaired) electrons. The maximum absolute atomic E-state index is 10.5. The van der Waals surface area contributed by atoms with Crippen LogP contribution in [0.2, 0.25) is 0 Å². The van der Waals surface area contributed by atoms with Gasteiger partial charge < -0.3 is 14.4 Å². The number of ether oxygens (including phenoxy) is 1. The van der Waals surface area contributed by atoms with Crippen LogP contribution in [0.5, 0.6) is 6.01 Å². The summed E-state index contributed by atoms with van der Waals surface area (Å²) in [4.78, 5) is 14.3. The van der Waals surface area contributed by atoms with E-state index in [1.165, 1.54) is 6.20 Å². The van der Waals surface area contributed by atoms with Gasteiger partial charge in [0.1, 0.15) is 0 Å². The van der Waals surface area contributed by atoms with Crippen molar-refractivity contribution in [2.45, 2.75) is 20.0 Å². The average Bonchev–Trinajstić information content (AvgIpc) is 2.31. The van der Waals surface area contributed by atoms with Gasteiger partial charge in [-0.05, 0) is 13.8 Å². The highest BCUT2D eigenvalue weighted by molar-refractivity contribution is 5.85. The Labute approximate surface area is 76.0 Å². The SMILES string of the molecule is CC(C)Oc1nc(C(=O)O)cn1C. The molecule has 0 fully saturated rings. The van der Waals surface area contributed by atoms with Gasteiger partial charge in [0.25, 0.3) is 6.01 Å². The number of carboxylic acid groups (broad SMARTS) is 1. The van der Waals surface area contributed by atoms with Gasteiger partial charge in [0.2, 0.25) is 0 Å². The van der Waals surface area contributed by atoms with Gasteiger partial charge in [-0.25, -0.2) is 4.79 Å². The predicted octanol–water partition coefficient (Wildman–Crippen LogP) is 0.905. The van der Waals surface area contributed by atoms with E-state index in [0.29, 0.717) is 6.01 Å². The van der Waals surface area contributed by atoms with E-state index in [0.717, 1.165) is 0 Å². The van der Waals surface area contributed by atoms with Crippen molar-refractivity contribution >= 4 is 5.97 Å². The minimum absolute atomic E-state index is 0.00171. The van der Waals surface area contributed by atoms with Crippen LogP contribution in [0.3, 0.4) is 0 Å². The van der Waals surface area contributed by atoms with E-state index in [1.54, 1.807) is 11.6 Å². The summed E-state index contributed by atoms with van der Waals surface area (Å²) in [5.74, 6) is -1.05. The monoisotopic (exact) mass is 184 g/mol. The molecule has 5 heteroatoms. The van der Waals surface area contributed by atoms with Gasteiger partial charge in [-0.15, -0.1) is 0 Å². The molecule has 0 spiro atoms. The lowest BCUT2D eigenvalue weighted by atomic mass is 10.5. The molecule has 0 bridgehead atoms. The molecule has 0 atom stereocenters. The van der Waals surface area contributed by atoms with Crippen LogP contribution in [0.25, 0.3) is 0 Å². The minimum Gasteiger partial charge on any atom is -0.476 e. The molecule has 0 aliphatic heterocycles. The summed E-state index contributed by atoms with van der Waals surface area (Å²) in [6.07, 6.45) is 1.41. The first-order chi connectivity index (χ1) is 6.00. The summed E-state index contributed by atoms with van der Waals surface area (Å²) in [7, 11) is 1.69. The molecule has 0 saturated carbocycles. The Morgan fingerprint density at radius 1 is 1.69 bits per heavy atom. The quantitative estimate of drug-likeness (QED) is 0.758. The Morgan fingerprint density at radius 2 is 2.31 bits per heavy atom. The van der Waals surface area contributed by atoms with Gasteiger partial charge in [0, 0.05) is 13.2 Å². The second-order valence-electron chi connectivity index (χ2n) is 2.99. The number of carboxylic acids is 1. The smallest absolute Gasteiger partial charge is 0.356 e. The standard InChI is InChI=1S/C8H12N2O3/c1-5(2)13-8-9-6(7(11)12)4-10(8)3/h4-5H,1-3H3,(H,11,12). The maximum atomic E-state index is 10.5. The van der Waals surface area contributed by atoms with Crippen molar-refractivity contribution < 1.29 is 14.6 Å². The predicted molar refractivity (Wildman–Crippen MR) is 45.9 cm³/mol. The molecule has 0 aromatic carbocycles. The highest BCUT2D eigenvalue weighted by Crippen LogP contribution is 2.10. The molecule has 0 amide bonds. The third-order valence-corrected chi connectivity index (χ3v) is 1.39. The number of hydrogen-bond donors (Lipinski definition) is 1. The van der Waals surface area contributed by atoms with Crippen LogP contribution in [-0.4, -0.2) is 26.7 Å². The summed E-state index contributed by atoms with van der Waals surface area (Å²) >= 11 is 0. The van der Waals surface area contributed by atoms with Crippen LogP contribution < -0.4 is 4.74 Å². The van der Waals surface area contributed by atoms with Crippen molar-refractivity contribution in [1.82, 2.24) is 9.55 Å². The zero-order valence-electron chi connectivity index (χ0n) is 7.81. The summed E-state index contributed by atoms with van der Waals surface area (Å²) in [5, 5.41) is 8.63. The van der Waals surface area contributed by atoms with Crippen LogP contribution in [0, 0.1) is 0 Å².